The minimum Gasteiger partial charge on any atom is -0.468 e. The zero-order valence-corrected chi connectivity index (χ0v) is 9.55. The van der Waals surface area contributed by atoms with Crippen molar-refractivity contribution in [3.05, 3.63) is 24.2 Å². The van der Waals surface area contributed by atoms with Crippen molar-refractivity contribution in [3.8, 4) is 6.07 Å². The van der Waals surface area contributed by atoms with Gasteiger partial charge >= 0.3 is 0 Å². The van der Waals surface area contributed by atoms with Crippen LogP contribution in [0.4, 0.5) is 0 Å². The molecular weight excluding hydrogens is 206 g/mol. The van der Waals surface area contributed by atoms with Crippen LogP contribution >= 0.6 is 11.8 Å². The lowest BCUT2D eigenvalue weighted by atomic mass is 9.91. The lowest BCUT2D eigenvalue weighted by molar-refractivity contribution is 0.471. The zero-order valence-electron chi connectivity index (χ0n) is 8.74. The van der Waals surface area contributed by atoms with E-state index < -0.39 is 0 Å². The molecule has 0 aromatic carbocycles. The summed E-state index contributed by atoms with van der Waals surface area (Å²) in [5.74, 6) is 2.84. The standard InChI is InChI=1S/C12H15NOS/c13-9-12(5-1-2-6-12)10-15-8-11-4-3-7-14-11/h3-4,7H,1-2,5-6,8,10H2. The molecular formula is C12H15NOS. The molecule has 1 heterocycles. The normalized spacial score (nSPS) is 18.9. The van der Waals surface area contributed by atoms with Crippen molar-refractivity contribution < 1.29 is 4.42 Å². The topological polar surface area (TPSA) is 36.9 Å². The van der Waals surface area contributed by atoms with Crippen LogP contribution in [0.1, 0.15) is 31.4 Å². The van der Waals surface area contributed by atoms with Crippen LogP contribution in [0.3, 0.4) is 0 Å². The number of thioether (sulfide) groups is 1. The van der Waals surface area contributed by atoms with Crippen LogP contribution in [0.2, 0.25) is 0 Å². The van der Waals surface area contributed by atoms with Crippen LogP contribution in [0.15, 0.2) is 22.8 Å². The molecule has 0 bridgehead atoms. The van der Waals surface area contributed by atoms with Gasteiger partial charge in [-0.05, 0) is 25.0 Å². The molecule has 0 amide bonds. The van der Waals surface area contributed by atoms with E-state index in [1.54, 1.807) is 6.26 Å². The highest BCUT2D eigenvalue weighted by Gasteiger charge is 2.33. The number of hydrogen-bond donors (Lipinski definition) is 0. The molecule has 0 spiro atoms. The molecule has 0 aliphatic heterocycles. The van der Waals surface area contributed by atoms with Crippen molar-refractivity contribution in [2.75, 3.05) is 5.75 Å². The van der Waals surface area contributed by atoms with Crippen LogP contribution in [-0.4, -0.2) is 5.75 Å². The first kappa shape index (κ1) is 10.6. The Morgan fingerprint density at radius 1 is 1.47 bits per heavy atom. The molecule has 80 valence electrons. The first-order valence-corrected chi connectivity index (χ1v) is 6.52. The molecule has 1 aromatic rings. The molecule has 3 heteroatoms. The smallest absolute Gasteiger partial charge is 0.113 e. The summed E-state index contributed by atoms with van der Waals surface area (Å²) in [4.78, 5) is 0. The summed E-state index contributed by atoms with van der Waals surface area (Å²) in [5.41, 5.74) is -0.0444. The highest BCUT2D eigenvalue weighted by molar-refractivity contribution is 7.98. The molecule has 1 aliphatic rings. The minimum atomic E-state index is -0.0444. The highest BCUT2D eigenvalue weighted by Crippen LogP contribution is 2.40. The fourth-order valence-electron chi connectivity index (χ4n) is 2.08. The SMILES string of the molecule is N#CC1(CSCc2ccco2)CCCC1. The number of furan rings is 1. The maximum absolute atomic E-state index is 9.19. The van der Waals surface area contributed by atoms with E-state index in [4.69, 9.17) is 4.42 Å². The third-order valence-electron chi connectivity index (χ3n) is 3.00. The van der Waals surface area contributed by atoms with Gasteiger partial charge in [0.1, 0.15) is 5.76 Å². The van der Waals surface area contributed by atoms with Gasteiger partial charge in [-0.25, -0.2) is 0 Å². The largest absolute Gasteiger partial charge is 0.468 e. The van der Waals surface area contributed by atoms with Crippen molar-refractivity contribution in [1.82, 2.24) is 0 Å². The summed E-state index contributed by atoms with van der Waals surface area (Å²) >= 11 is 1.82. The summed E-state index contributed by atoms with van der Waals surface area (Å²) in [6, 6.07) is 6.40. The van der Waals surface area contributed by atoms with E-state index in [1.807, 2.05) is 23.9 Å². The van der Waals surface area contributed by atoms with Crippen molar-refractivity contribution >= 4 is 11.8 Å². The summed E-state index contributed by atoms with van der Waals surface area (Å²) < 4.78 is 5.26. The average molecular weight is 221 g/mol. The van der Waals surface area contributed by atoms with Crippen molar-refractivity contribution in [2.24, 2.45) is 5.41 Å². The molecule has 0 unspecified atom stereocenters. The van der Waals surface area contributed by atoms with Gasteiger partial charge in [0.25, 0.3) is 0 Å². The Kier molecular flexibility index (Phi) is 3.37. The number of nitrogens with zero attached hydrogens (tertiary/aromatic N) is 1. The predicted octanol–water partition coefficient (Wildman–Crippen LogP) is 3.60. The highest BCUT2D eigenvalue weighted by atomic mass is 32.2. The average Bonchev–Trinajstić information content (AvgIpc) is 2.89. The summed E-state index contributed by atoms with van der Waals surface area (Å²) in [7, 11) is 0. The molecule has 1 aromatic heterocycles. The van der Waals surface area contributed by atoms with Crippen LogP contribution < -0.4 is 0 Å². The maximum atomic E-state index is 9.19. The van der Waals surface area contributed by atoms with E-state index in [-0.39, 0.29) is 5.41 Å². The molecule has 1 aliphatic carbocycles. The molecule has 0 N–H and O–H groups in total. The van der Waals surface area contributed by atoms with Gasteiger partial charge in [-0.15, -0.1) is 0 Å². The Bertz CT molecular complexity index is 333. The molecule has 0 atom stereocenters. The van der Waals surface area contributed by atoms with E-state index in [0.717, 1.165) is 30.1 Å². The van der Waals surface area contributed by atoms with E-state index in [0.29, 0.717) is 0 Å². The molecule has 2 nitrogen and oxygen atoms in total. The second-order valence-electron chi connectivity index (χ2n) is 4.17. The molecule has 0 saturated heterocycles. The monoisotopic (exact) mass is 221 g/mol. The lowest BCUT2D eigenvalue weighted by Gasteiger charge is -2.18. The Balaban J connectivity index is 1.80. The number of hydrogen-bond acceptors (Lipinski definition) is 3. The van der Waals surface area contributed by atoms with Gasteiger partial charge in [-0.3, -0.25) is 0 Å². The van der Waals surface area contributed by atoms with Gasteiger partial charge in [0, 0.05) is 5.75 Å². The second kappa shape index (κ2) is 4.76. The van der Waals surface area contributed by atoms with Crippen molar-refractivity contribution in [2.45, 2.75) is 31.4 Å². The van der Waals surface area contributed by atoms with Crippen LogP contribution in [-0.2, 0) is 5.75 Å². The van der Waals surface area contributed by atoms with Gasteiger partial charge in [-0.1, -0.05) is 12.8 Å². The van der Waals surface area contributed by atoms with Gasteiger partial charge in [0.2, 0.25) is 0 Å². The predicted molar refractivity (Wildman–Crippen MR) is 61.4 cm³/mol. The third-order valence-corrected chi connectivity index (χ3v) is 4.25. The number of rotatable bonds is 4. The third kappa shape index (κ3) is 2.57. The van der Waals surface area contributed by atoms with E-state index in [9.17, 15) is 5.26 Å². The Labute approximate surface area is 94.7 Å². The zero-order chi connectivity index (χ0) is 10.6. The molecule has 0 radical (unpaired) electrons. The van der Waals surface area contributed by atoms with Crippen LogP contribution in [0.25, 0.3) is 0 Å². The molecule has 2 rings (SSSR count). The molecule has 1 saturated carbocycles. The van der Waals surface area contributed by atoms with E-state index in [1.165, 1.54) is 12.8 Å². The van der Waals surface area contributed by atoms with Crippen molar-refractivity contribution in [3.63, 3.8) is 0 Å². The van der Waals surface area contributed by atoms with E-state index in [2.05, 4.69) is 6.07 Å². The molecule has 1 fully saturated rings. The Morgan fingerprint density at radius 2 is 2.27 bits per heavy atom. The summed E-state index contributed by atoms with van der Waals surface area (Å²) in [6.45, 7) is 0. The minimum absolute atomic E-state index is 0.0444. The fraction of sp³-hybridized carbons (Fsp3) is 0.583. The quantitative estimate of drug-likeness (QED) is 0.779. The van der Waals surface area contributed by atoms with Crippen LogP contribution in [0, 0.1) is 16.7 Å². The Morgan fingerprint density at radius 3 is 2.87 bits per heavy atom. The molecule has 15 heavy (non-hydrogen) atoms. The summed E-state index contributed by atoms with van der Waals surface area (Å²) in [5, 5.41) is 9.19. The summed E-state index contributed by atoms with van der Waals surface area (Å²) in [6.07, 6.45) is 6.29. The van der Waals surface area contributed by atoms with Gasteiger partial charge in [-0.2, -0.15) is 17.0 Å². The Hall–Kier alpha value is -0.880. The first-order chi connectivity index (χ1) is 7.35. The van der Waals surface area contributed by atoms with Crippen LogP contribution in [0.5, 0.6) is 0 Å². The van der Waals surface area contributed by atoms with Crippen molar-refractivity contribution in [1.29, 1.82) is 5.26 Å². The second-order valence-corrected chi connectivity index (χ2v) is 5.16. The van der Waals surface area contributed by atoms with E-state index >= 15 is 0 Å². The maximum Gasteiger partial charge on any atom is 0.113 e. The van der Waals surface area contributed by atoms with Gasteiger partial charge < -0.3 is 4.42 Å². The number of nitriles is 1. The fourth-order valence-corrected chi connectivity index (χ4v) is 3.29. The van der Waals surface area contributed by atoms with Gasteiger partial charge in [0.15, 0.2) is 0 Å². The lowest BCUT2D eigenvalue weighted by Crippen LogP contribution is -2.16. The first-order valence-electron chi connectivity index (χ1n) is 5.36. The van der Waals surface area contributed by atoms with Gasteiger partial charge in [0.05, 0.1) is 23.5 Å².